The summed E-state index contributed by atoms with van der Waals surface area (Å²) in [7, 11) is 5.03. The van der Waals surface area contributed by atoms with E-state index in [2.05, 4.69) is 22.1 Å². The van der Waals surface area contributed by atoms with E-state index in [4.69, 9.17) is 28.7 Å². The Morgan fingerprint density at radius 3 is 1.96 bits per heavy atom. The number of aromatic nitrogens is 4. The summed E-state index contributed by atoms with van der Waals surface area (Å²) in [5.74, 6) is 1.53. The molecule has 1 saturated heterocycles. The number of hydrogen-bond donors (Lipinski definition) is 0. The fourth-order valence-electron chi connectivity index (χ4n) is 6.49. The Balaban J connectivity index is 1.20. The zero-order valence-corrected chi connectivity index (χ0v) is 27.7. The van der Waals surface area contributed by atoms with Gasteiger partial charge in [-0.05, 0) is 52.6 Å². The third-order valence-corrected chi connectivity index (χ3v) is 9.00. The summed E-state index contributed by atoms with van der Waals surface area (Å²) in [6.07, 6.45) is 6.90. The Hall–Kier alpha value is -5.35. The second kappa shape index (κ2) is 14.4. The van der Waals surface area contributed by atoms with Crippen LogP contribution in [0.25, 0.3) is 23.3 Å². The first-order chi connectivity index (χ1) is 24.1. The number of ether oxygens (including phenoxy) is 5. The van der Waals surface area contributed by atoms with Crippen LogP contribution in [0.4, 0.5) is 0 Å². The fraction of sp³-hybridized carbons (Fsp3) is 0.225. The molecule has 1 aliphatic rings. The summed E-state index contributed by atoms with van der Waals surface area (Å²) in [6, 6.07) is 36.3. The summed E-state index contributed by atoms with van der Waals surface area (Å²) >= 11 is 0. The summed E-state index contributed by atoms with van der Waals surface area (Å²) in [4.78, 5) is 13.8. The molecule has 3 atom stereocenters. The van der Waals surface area contributed by atoms with E-state index in [9.17, 15) is 0 Å². The molecule has 0 spiro atoms. The number of rotatable bonds is 12. The van der Waals surface area contributed by atoms with Crippen LogP contribution in [0.3, 0.4) is 0 Å². The number of fused-ring (bicyclic) bond motifs is 1. The monoisotopic (exact) mass is 654 g/mol. The molecule has 248 valence electrons. The summed E-state index contributed by atoms with van der Waals surface area (Å²) in [5.41, 5.74) is 5.10. The first kappa shape index (κ1) is 32.2. The van der Waals surface area contributed by atoms with Gasteiger partial charge >= 0.3 is 0 Å². The van der Waals surface area contributed by atoms with Crippen molar-refractivity contribution in [3.63, 3.8) is 0 Å². The second-order valence-electron chi connectivity index (χ2n) is 11.8. The van der Waals surface area contributed by atoms with E-state index in [1.54, 1.807) is 34.0 Å². The Bertz CT molecular complexity index is 1950. The lowest BCUT2D eigenvalue weighted by atomic mass is 9.80. The van der Waals surface area contributed by atoms with E-state index in [1.807, 2.05) is 114 Å². The Labute approximate surface area is 285 Å². The average Bonchev–Trinajstić information content (AvgIpc) is 3.80. The van der Waals surface area contributed by atoms with Crippen LogP contribution < -0.4 is 9.47 Å². The van der Waals surface area contributed by atoms with Gasteiger partial charge < -0.3 is 23.7 Å². The maximum atomic E-state index is 7.14. The van der Waals surface area contributed by atoms with Crippen molar-refractivity contribution in [1.29, 1.82) is 0 Å². The van der Waals surface area contributed by atoms with Crippen molar-refractivity contribution >= 4 is 23.3 Å². The number of benzene rings is 4. The van der Waals surface area contributed by atoms with Crippen LogP contribution in [0.5, 0.6) is 11.5 Å². The zero-order chi connectivity index (χ0) is 33.6. The molecular weight excluding hydrogens is 616 g/mol. The van der Waals surface area contributed by atoms with Crippen LogP contribution in [-0.4, -0.2) is 59.7 Å². The average molecular weight is 655 g/mol. The van der Waals surface area contributed by atoms with Crippen molar-refractivity contribution < 1.29 is 23.7 Å². The van der Waals surface area contributed by atoms with Crippen LogP contribution in [0.15, 0.2) is 122 Å². The third kappa shape index (κ3) is 6.44. The lowest BCUT2D eigenvalue weighted by molar-refractivity contribution is -0.0886. The largest absolute Gasteiger partial charge is 0.497 e. The molecule has 9 nitrogen and oxygen atoms in total. The molecule has 6 aromatic rings. The van der Waals surface area contributed by atoms with Gasteiger partial charge in [-0.3, -0.25) is 4.57 Å². The van der Waals surface area contributed by atoms with Gasteiger partial charge in [0.2, 0.25) is 0 Å². The highest BCUT2D eigenvalue weighted by Crippen LogP contribution is 2.43. The predicted molar refractivity (Wildman–Crippen MR) is 188 cm³/mol. The van der Waals surface area contributed by atoms with Crippen molar-refractivity contribution in [2.45, 2.75) is 30.5 Å². The molecule has 0 saturated carbocycles. The first-order valence-corrected chi connectivity index (χ1v) is 16.2. The van der Waals surface area contributed by atoms with Gasteiger partial charge in [-0.15, -0.1) is 0 Å². The molecular formula is C40H38N4O5. The Kier molecular flexibility index (Phi) is 9.47. The molecule has 1 fully saturated rings. The van der Waals surface area contributed by atoms with Gasteiger partial charge in [0.1, 0.15) is 35.0 Å². The van der Waals surface area contributed by atoms with Crippen LogP contribution >= 0.6 is 0 Å². The quantitative estimate of drug-likeness (QED) is 0.127. The van der Waals surface area contributed by atoms with Crippen molar-refractivity contribution in [1.82, 2.24) is 19.5 Å². The van der Waals surface area contributed by atoms with Gasteiger partial charge in [0.15, 0.2) is 11.9 Å². The molecule has 49 heavy (non-hydrogen) atoms. The Morgan fingerprint density at radius 2 is 1.35 bits per heavy atom. The molecule has 0 radical (unpaired) electrons. The molecule has 7 rings (SSSR count). The zero-order valence-electron chi connectivity index (χ0n) is 27.7. The smallest absolute Gasteiger partial charge is 0.166 e. The lowest BCUT2D eigenvalue weighted by Gasteiger charge is -2.37. The lowest BCUT2D eigenvalue weighted by Crippen LogP contribution is -2.35. The van der Waals surface area contributed by atoms with Crippen LogP contribution in [0.2, 0.25) is 0 Å². The molecule has 0 amide bonds. The van der Waals surface area contributed by atoms with Crippen LogP contribution in [0, 0.1) is 0 Å². The van der Waals surface area contributed by atoms with Crippen molar-refractivity contribution in [3.8, 4) is 11.5 Å². The van der Waals surface area contributed by atoms with Crippen molar-refractivity contribution in [3.05, 3.63) is 150 Å². The maximum Gasteiger partial charge on any atom is 0.166 e. The van der Waals surface area contributed by atoms with Crippen molar-refractivity contribution in [2.75, 3.05) is 27.9 Å². The van der Waals surface area contributed by atoms with E-state index in [-0.39, 0.29) is 18.8 Å². The Morgan fingerprint density at radius 1 is 0.735 bits per heavy atom. The van der Waals surface area contributed by atoms with Crippen LogP contribution in [-0.2, 0) is 19.8 Å². The predicted octanol–water partition coefficient (Wildman–Crippen LogP) is 7.33. The summed E-state index contributed by atoms with van der Waals surface area (Å²) < 4.78 is 32.8. The number of hydrogen-bond acceptors (Lipinski definition) is 8. The number of methoxy groups -OCH3 is 3. The van der Waals surface area contributed by atoms with E-state index < -0.39 is 11.8 Å². The third-order valence-electron chi connectivity index (χ3n) is 9.00. The van der Waals surface area contributed by atoms with E-state index in [0.717, 1.165) is 39.4 Å². The summed E-state index contributed by atoms with van der Waals surface area (Å²) in [6.45, 7) is 0.288. The molecule has 4 aromatic carbocycles. The molecule has 0 bridgehead atoms. The molecule has 0 unspecified atom stereocenters. The summed E-state index contributed by atoms with van der Waals surface area (Å²) in [5, 5.41) is 0. The van der Waals surface area contributed by atoms with Gasteiger partial charge in [-0.1, -0.05) is 91.0 Å². The molecule has 2 aromatic heterocycles. The van der Waals surface area contributed by atoms with Gasteiger partial charge in [-0.25, -0.2) is 15.0 Å². The van der Waals surface area contributed by atoms with E-state index in [1.165, 1.54) is 0 Å². The topological polar surface area (TPSA) is 89.8 Å². The highest BCUT2D eigenvalue weighted by atomic mass is 16.6. The maximum absolute atomic E-state index is 7.14. The number of imidazole rings is 1. The minimum Gasteiger partial charge on any atom is -0.497 e. The van der Waals surface area contributed by atoms with Gasteiger partial charge in [0.25, 0.3) is 0 Å². The minimum absolute atomic E-state index is 0.252. The highest BCUT2D eigenvalue weighted by molar-refractivity contribution is 5.84. The van der Waals surface area contributed by atoms with Crippen molar-refractivity contribution in [2.24, 2.45) is 0 Å². The standard InChI is InChI=1S/C40H38N4O5/c1-45-32-19-15-30(16-20-32)40(29-12-8-5-9-13-29,31-17-21-33(46-2)22-18-31)48-25-34-24-36(47-3)39(49-34)44-27-43-37-35(41-26-42-38(37)44)23-14-28-10-6-4-7-11-28/h4-23,26-27,34,36,39H,24-25H2,1-3H3/b23-14+/t34-,36-,39-/m1/s1. The highest BCUT2D eigenvalue weighted by Gasteiger charge is 2.42. The molecule has 1 aliphatic heterocycles. The second-order valence-corrected chi connectivity index (χ2v) is 11.8. The van der Waals surface area contributed by atoms with E-state index >= 15 is 0 Å². The van der Waals surface area contributed by atoms with Gasteiger partial charge in [0, 0.05) is 13.5 Å². The first-order valence-electron chi connectivity index (χ1n) is 16.2. The fourth-order valence-corrected chi connectivity index (χ4v) is 6.49. The van der Waals surface area contributed by atoms with Gasteiger partial charge in [0.05, 0.1) is 39.0 Å². The van der Waals surface area contributed by atoms with Crippen LogP contribution in [0.1, 0.15) is 40.6 Å². The SMILES string of the molecule is COc1ccc(C(OC[C@H]2C[C@@H](OC)[C@H](n3cnc4c(/C=C/c5ccccc5)ncnc43)O2)(c2ccccc2)c2ccc(OC)cc2)cc1. The molecule has 0 aliphatic carbocycles. The molecule has 9 heteroatoms. The van der Waals surface area contributed by atoms with E-state index in [0.29, 0.717) is 17.6 Å². The van der Waals surface area contributed by atoms with Gasteiger partial charge in [-0.2, -0.15) is 0 Å². The number of nitrogens with zero attached hydrogens (tertiary/aromatic N) is 4. The molecule has 0 N–H and O–H groups in total. The molecule has 3 heterocycles. The normalized spacial score (nSPS) is 17.9. The minimum atomic E-state index is -0.960.